The van der Waals surface area contributed by atoms with Crippen LogP contribution in [0.1, 0.15) is 5.56 Å². The van der Waals surface area contributed by atoms with Crippen LogP contribution < -0.4 is 0 Å². The second-order valence-electron chi connectivity index (χ2n) is 16.2. The summed E-state index contributed by atoms with van der Waals surface area (Å²) in [7, 11) is 0. The Morgan fingerprint density at radius 3 is 1.09 bits per heavy atom. The maximum Gasteiger partial charge on any atom is 0.164 e. The fourth-order valence-corrected chi connectivity index (χ4v) is 8.56. The van der Waals surface area contributed by atoms with E-state index in [1.165, 1.54) is 0 Å². The van der Waals surface area contributed by atoms with Gasteiger partial charge >= 0.3 is 0 Å². The Morgan fingerprint density at radius 1 is 0.235 bits per heavy atom. The van der Waals surface area contributed by atoms with Crippen LogP contribution in [-0.4, -0.2) is 29.9 Å². The van der Waals surface area contributed by atoms with Gasteiger partial charge in [0.05, 0.1) is 11.6 Å². The molecular formula is C61H39N7. The van der Waals surface area contributed by atoms with Crippen molar-refractivity contribution in [2.24, 2.45) is 0 Å². The number of nitrogens with zero attached hydrogens (tertiary/aromatic N) is 7. The van der Waals surface area contributed by atoms with Crippen molar-refractivity contribution in [2.45, 2.75) is 0 Å². The number of aromatic nitrogens is 6. The molecule has 0 radical (unpaired) electrons. The molecule has 0 unspecified atom stereocenters. The van der Waals surface area contributed by atoms with E-state index in [1.807, 2.05) is 152 Å². The Bertz CT molecular complexity index is 3510. The third-order valence-electron chi connectivity index (χ3n) is 11.8. The molecule has 0 fully saturated rings. The fraction of sp³-hybridized carbons (Fsp3) is 0. The number of hydrogen-bond acceptors (Lipinski definition) is 7. The van der Waals surface area contributed by atoms with E-state index in [4.69, 9.17) is 29.9 Å². The van der Waals surface area contributed by atoms with Crippen LogP contribution in [0.4, 0.5) is 0 Å². The van der Waals surface area contributed by atoms with E-state index in [0.717, 1.165) is 77.9 Å². The van der Waals surface area contributed by atoms with Crippen molar-refractivity contribution in [2.75, 3.05) is 0 Å². The number of rotatable bonds is 10. The van der Waals surface area contributed by atoms with Gasteiger partial charge in [-0.1, -0.05) is 212 Å². The first-order valence-corrected chi connectivity index (χ1v) is 22.3. The van der Waals surface area contributed by atoms with E-state index >= 15 is 0 Å². The Hall–Kier alpha value is -9.51. The molecule has 0 aliphatic heterocycles. The van der Waals surface area contributed by atoms with Gasteiger partial charge < -0.3 is 0 Å². The molecule has 68 heavy (non-hydrogen) atoms. The van der Waals surface area contributed by atoms with Crippen LogP contribution >= 0.6 is 0 Å². The van der Waals surface area contributed by atoms with Gasteiger partial charge in [-0.3, -0.25) is 0 Å². The second kappa shape index (κ2) is 18.5. The van der Waals surface area contributed by atoms with Crippen LogP contribution in [0.25, 0.3) is 113 Å². The monoisotopic (exact) mass is 869 g/mol. The highest BCUT2D eigenvalue weighted by molar-refractivity contribution is 5.99. The molecule has 0 N–H and O–H groups in total. The molecule has 2 heterocycles. The Labute approximate surface area is 394 Å². The van der Waals surface area contributed by atoms with Crippen LogP contribution in [0.3, 0.4) is 0 Å². The third-order valence-corrected chi connectivity index (χ3v) is 11.8. The third kappa shape index (κ3) is 8.45. The molecule has 0 bridgehead atoms. The van der Waals surface area contributed by atoms with Crippen molar-refractivity contribution in [1.29, 1.82) is 5.26 Å². The van der Waals surface area contributed by atoms with Gasteiger partial charge in [-0.05, 0) is 68.8 Å². The van der Waals surface area contributed by atoms with Crippen molar-refractivity contribution in [1.82, 2.24) is 29.9 Å². The maximum atomic E-state index is 10.0. The minimum atomic E-state index is 0.561. The van der Waals surface area contributed by atoms with E-state index in [2.05, 4.69) is 91.0 Å². The Morgan fingerprint density at radius 2 is 0.574 bits per heavy atom. The first kappa shape index (κ1) is 41.2. The van der Waals surface area contributed by atoms with Gasteiger partial charge in [-0.2, -0.15) is 5.26 Å². The van der Waals surface area contributed by atoms with Gasteiger partial charge in [0.15, 0.2) is 34.9 Å². The highest BCUT2D eigenvalue weighted by atomic mass is 15.0. The van der Waals surface area contributed by atoms with Crippen LogP contribution in [0, 0.1) is 11.3 Å². The summed E-state index contributed by atoms with van der Waals surface area (Å²) in [5, 5.41) is 10.0. The van der Waals surface area contributed by atoms with Crippen molar-refractivity contribution in [3.8, 4) is 119 Å². The summed E-state index contributed by atoms with van der Waals surface area (Å²) in [4.78, 5) is 30.2. The fourth-order valence-electron chi connectivity index (χ4n) is 8.56. The summed E-state index contributed by atoms with van der Waals surface area (Å²) < 4.78 is 0. The molecule has 9 aromatic carbocycles. The average Bonchev–Trinajstić information content (AvgIpc) is 3.43. The van der Waals surface area contributed by atoms with Crippen LogP contribution in [0.2, 0.25) is 0 Å². The molecule has 11 aromatic rings. The molecule has 0 saturated heterocycles. The summed E-state index contributed by atoms with van der Waals surface area (Å²) in [6.45, 7) is 0. The van der Waals surface area contributed by atoms with E-state index in [-0.39, 0.29) is 0 Å². The first-order chi connectivity index (χ1) is 33.6. The lowest BCUT2D eigenvalue weighted by Crippen LogP contribution is -2.01. The molecule has 0 spiro atoms. The molecule has 7 nitrogen and oxygen atoms in total. The maximum absolute atomic E-state index is 10.0. The summed E-state index contributed by atoms with van der Waals surface area (Å²) in [6, 6.07) is 81.9. The normalized spacial score (nSPS) is 10.9. The van der Waals surface area contributed by atoms with Crippen molar-refractivity contribution < 1.29 is 0 Å². The molecule has 2 aromatic heterocycles. The number of benzene rings is 9. The summed E-state index contributed by atoms with van der Waals surface area (Å²) in [6.07, 6.45) is 0. The molecule has 0 atom stereocenters. The zero-order valence-electron chi connectivity index (χ0n) is 36.6. The highest BCUT2D eigenvalue weighted by Crippen LogP contribution is 2.44. The Balaban J connectivity index is 1.07. The molecule has 0 aliphatic rings. The minimum Gasteiger partial charge on any atom is -0.208 e. The van der Waals surface area contributed by atoms with Gasteiger partial charge in [0.2, 0.25) is 0 Å². The molecule has 318 valence electrons. The molecule has 7 heteroatoms. The predicted octanol–water partition coefficient (Wildman–Crippen LogP) is 14.6. The number of hydrogen-bond donors (Lipinski definition) is 0. The number of nitriles is 1. The van der Waals surface area contributed by atoms with Crippen molar-refractivity contribution in [3.05, 3.63) is 242 Å². The summed E-state index contributed by atoms with van der Waals surface area (Å²) in [5.74, 6) is 3.54. The molecule has 0 aliphatic carbocycles. The second-order valence-corrected chi connectivity index (χ2v) is 16.2. The van der Waals surface area contributed by atoms with Gasteiger partial charge in [-0.25, -0.2) is 29.9 Å². The lowest BCUT2D eigenvalue weighted by Gasteiger charge is -2.19. The first-order valence-electron chi connectivity index (χ1n) is 22.3. The standard InChI is InChI=1S/C61H39N7/c62-40-41-19-15-30-48(37-41)51-35-18-36-53(52-33-13-14-34-54(52)61-67-58(44-24-9-3-10-25-44)64-59(68-61)45-26-11-4-12-27-45)55(51)49-31-16-28-46(38-49)47-29-17-32-50(39-47)60-65-56(42-20-5-1-6-21-42)63-57(66-60)43-22-7-2-8-23-43/h1-39H. The van der Waals surface area contributed by atoms with E-state index in [9.17, 15) is 5.26 Å². The highest BCUT2D eigenvalue weighted by Gasteiger charge is 2.21. The zero-order valence-corrected chi connectivity index (χ0v) is 36.6. The van der Waals surface area contributed by atoms with Gasteiger partial charge in [0, 0.05) is 33.4 Å². The van der Waals surface area contributed by atoms with Gasteiger partial charge in [-0.15, -0.1) is 0 Å². The molecular weight excluding hydrogens is 831 g/mol. The quantitative estimate of drug-likeness (QED) is 0.135. The lowest BCUT2D eigenvalue weighted by molar-refractivity contribution is 1.07. The van der Waals surface area contributed by atoms with Gasteiger partial charge in [0.1, 0.15) is 0 Å². The van der Waals surface area contributed by atoms with Crippen LogP contribution in [0.15, 0.2) is 237 Å². The van der Waals surface area contributed by atoms with E-state index in [1.54, 1.807) is 0 Å². The minimum absolute atomic E-state index is 0.561. The summed E-state index contributed by atoms with van der Waals surface area (Å²) in [5.41, 5.74) is 13.8. The van der Waals surface area contributed by atoms with Gasteiger partial charge in [0.25, 0.3) is 0 Å². The average molecular weight is 870 g/mol. The molecule has 11 rings (SSSR count). The van der Waals surface area contributed by atoms with E-state index < -0.39 is 0 Å². The van der Waals surface area contributed by atoms with E-state index in [0.29, 0.717) is 40.5 Å². The molecule has 0 saturated carbocycles. The zero-order chi connectivity index (χ0) is 45.7. The lowest BCUT2D eigenvalue weighted by atomic mass is 9.85. The summed E-state index contributed by atoms with van der Waals surface area (Å²) >= 11 is 0. The molecule has 0 amide bonds. The van der Waals surface area contributed by atoms with Crippen molar-refractivity contribution in [3.63, 3.8) is 0 Å². The predicted molar refractivity (Wildman–Crippen MR) is 272 cm³/mol. The largest absolute Gasteiger partial charge is 0.208 e. The SMILES string of the molecule is N#Cc1cccc(-c2cccc(-c3ccccc3-c3nc(-c4ccccc4)nc(-c4ccccc4)n3)c2-c2cccc(-c3cccc(-c4nc(-c5ccccc5)nc(-c5ccccc5)n4)c3)c2)c1. The van der Waals surface area contributed by atoms with Crippen molar-refractivity contribution >= 4 is 0 Å². The topological polar surface area (TPSA) is 101 Å². The Kier molecular flexibility index (Phi) is 11.2. The van der Waals surface area contributed by atoms with Crippen LogP contribution in [-0.2, 0) is 0 Å². The van der Waals surface area contributed by atoms with Crippen LogP contribution in [0.5, 0.6) is 0 Å². The smallest absolute Gasteiger partial charge is 0.164 e.